The first-order chi connectivity index (χ1) is 9.95. The van der Waals surface area contributed by atoms with Gasteiger partial charge in [-0.25, -0.2) is 18.7 Å². The van der Waals surface area contributed by atoms with Crippen molar-refractivity contribution in [3.8, 4) is 11.4 Å². The maximum absolute atomic E-state index is 13.3. The normalized spacial score (nSPS) is 11.1. The maximum Gasteiger partial charge on any atom is 0.162 e. The van der Waals surface area contributed by atoms with Crippen LogP contribution < -0.4 is 0 Å². The predicted octanol–water partition coefficient (Wildman–Crippen LogP) is 5.54. The van der Waals surface area contributed by atoms with Crippen LogP contribution in [0.3, 0.4) is 0 Å². The second kappa shape index (κ2) is 5.37. The molecule has 0 aliphatic rings. The Bertz CT molecular complexity index is 868. The molecule has 3 rings (SSSR count). The van der Waals surface area contributed by atoms with Crippen molar-refractivity contribution < 1.29 is 8.78 Å². The van der Waals surface area contributed by atoms with Gasteiger partial charge in [0.05, 0.1) is 10.5 Å². The summed E-state index contributed by atoms with van der Waals surface area (Å²) < 4.78 is 26.6. The SMILES string of the molecule is Fc1cc2nc(-c3ccc(Cl)cc3Cl)nc(Cl)c2cc1F. The van der Waals surface area contributed by atoms with Crippen LogP contribution in [0.15, 0.2) is 30.3 Å². The van der Waals surface area contributed by atoms with Gasteiger partial charge in [-0.05, 0) is 24.3 Å². The van der Waals surface area contributed by atoms with E-state index in [-0.39, 0.29) is 21.9 Å². The van der Waals surface area contributed by atoms with Gasteiger partial charge in [0, 0.05) is 22.0 Å². The zero-order chi connectivity index (χ0) is 15.1. The van der Waals surface area contributed by atoms with E-state index in [0.29, 0.717) is 15.6 Å². The summed E-state index contributed by atoms with van der Waals surface area (Å²) in [6, 6.07) is 6.70. The molecule has 0 amide bonds. The first-order valence-corrected chi connectivity index (χ1v) is 6.87. The van der Waals surface area contributed by atoms with Crippen molar-refractivity contribution in [1.82, 2.24) is 9.97 Å². The molecule has 0 atom stereocenters. The molecule has 3 aromatic rings. The molecule has 0 saturated heterocycles. The fourth-order valence-electron chi connectivity index (χ4n) is 1.88. The van der Waals surface area contributed by atoms with E-state index in [1.807, 2.05) is 0 Å². The van der Waals surface area contributed by atoms with Crippen LogP contribution in [-0.4, -0.2) is 9.97 Å². The molecule has 0 bridgehead atoms. The van der Waals surface area contributed by atoms with E-state index in [1.54, 1.807) is 12.1 Å². The van der Waals surface area contributed by atoms with E-state index in [9.17, 15) is 8.78 Å². The third-order valence-electron chi connectivity index (χ3n) is 2.86. The van der Waals surface area contributed by atoms with Gasteiger partial charge in [0.1, 0.15) is 5.15 Å². The highest BCUT2D eigenvalue weighted by molar-refractivity contribution is 6.36. The molecule has 0 radical (unpaired) electrons. The Labute approximate surface area is 133 Å². The van der Waals surface area contributed by atoms with Crippen molar-refractivity contribution in [3.63, 3.8) is 0 Å². The average Bonchev–Trinajstić information content (AvgIpc) is 2.41. The Morgan fingerprint density at radius 1 is 0.857 bits per heavy atom. The molecule has 0 fully saturated rings. The summed E-state index contributed by atoms with van der Waals surface area (Å²) in [7, 11) is 0. The van der Waals surface area contributed by atoms with Gasteiger partial charge >= 0.3 is 0 Å². The molecular formula is C14H5Cl3F2N2. The Morgan fingerprint density at radius 2 is 1.57 bits per heavy atom. The van der Waals surface area contributed by atoms with Gasteiger partial charge in [-0.3, -0.25) is 0 Å². The highest BCUT2D eigenvalue weighted by Gasteiger charge is 2.14. The van der Waals surface area contributed by atoms with E-state index in [4.69, 9.17) is 34.8 Å². The summed E-state index contributed by atoms with van der Waals surface area (Å²) in [5.74, 6) is -1.81. The Hall–Kier alpha value is -1.49. The number of hydrogen-bond acceptors (Lipinski definition) is 2. The quantitative estimate of drug-likeness (QED) is 0.542. The van der Waals surface area contributed by atoms with Gasteiger partial charge in [-0.1, -0.05) is 34.8 Å². The second-order valence-corrected chi connectivity index (χ2v) is 5.45. The molecule has 2 aromatic carbocycles. The number of halogens is 5. The molecule has 0 spiro atoms. The Kier molecular flexibility index (Phi) is 3.69. The lowest BCUT2D eigenvalue weighted by molar-refractivity contribution is 0.510. The number of nitrogens with zero attached hydrogens (tertiary/aromatic N) is 2. The zero-order valence-corrected chi connectivity index (χ0v) is 12.4. The van der Waals surface area contributed by atoms with Gasteiger partial charge in [0.25, 0.3) is 0 Å². The predicted molar refractivity (Wildman–Crippen MR) is 79.9 cm³/mol. The second-order valence-electron chi connectivity index (χ2n) is 4.25. The molecule has 7 heteroatoms. The summed E-state index contributed by atoms with van der Waals surface area (Å²) in [5.41, 5.74) is 0.685. The molecule has 0 aliphatic carbocycles. The van der Waals surface area contributed by atoms with Crippen molar-refractivity contribution in [3.05, 3.63) is 57.2 Å². The third kappa shape index (κ3) is 2.67. The lowest BCUT2D eigenvalue weighted by atomic mass is 10.2. The number of aromatic nitrogens is 2. The molecule has 0 saturated carbocycles. The molecule has 21 heavy (non-hydrogen) atoms. The highest BCUT2D eigenvalue weighted by atomic mass is 35.5. The van der Waals surface area contributed by atoms with E-state index >= 15 is 0 Å². The zero-order valence-electron chi connectivity index (χ0n) is 10.2. The molecular weight excluding hydrogens is 341 g/mol. The fourth-order valence-corrected chi connectivity index (χ4v) is 2.60. The lowest BCUT2D eigenvalue weighted by Crippen LogP contribution is -1.95. The minimum absolute atomic E-state index is 0.0138. The van der Waals surface area contributed by atoms with E-state index in [1.165, 1.54) is 6.07 Å². The lowest BCUT2D eigenvalue weighted by Gasteiger charge is -2.07. The monoisotopic (exact) mass is 344 g/mol. The summed E-state index contributed by atoms with van der Waals surface area (Å²) >= 11 is 17.9. The average molecular weight is 346 g/mol. The first kappa shape index (κ1) is 14.4. The van der Waals surface area contributed by atoms with Gasteiger partial charge in [0.2, 0.25) is 0 Å². The summed E-state index contributed by atoms with van der Waals surface area (Å²) in [6.45, 7) is 0. The molecule has 0 N–H and O–H groups in total. The van der Waals surface area contributed by atoms with E-state index in [0.717, 1.165) is 12.1 Å². The number of benzene rings is 2. The van der Waals surface area contributed by atoms with Crippen molar-refractivity contribution in [2.75, 3.05) is 0 Å². The highest BCUT2D eigenvalue weighted by Crippen LogP contribution is 2.31. The summed E-state index contributed by atoms with van der Waals surface area (Å²) in [5, 5.41) is 1.04. The van der Waals surface area contributed by atoms with Crippen LogP contribution >= 0.6 is 34.8 Å². The van der Waals surface area contributed by atoms with Gasteiger partial charge < -0.3 is 0 Å². The third-order valence-corrected chi connectivity index (χ3v) is 3.70. The molecule has 2 nitrogen and oxygen atoms in total. The first-order valence-electron chi connectivity index (χ1n) is 5.73. The van der Waals surface area contributed by atoms with Crippen molar-refractivity contribution in [1.29, 1.82) is 0 Å². The topological polar surface area (TPSA) is 25.8 Å². The summed E-state index contributed by atoms with van der Waals surface area (Å²) in [6.07, 6.45) is 0. The Balaban J connectivity index is 2.27. The van der Waals surface area contributed by atoms with Crippen LogP contribution in [0.5, 0.6) is 0 Å². The van der Waals surface area contributed by atoms with Crippen LogP contribution in [0.25, 0.3) is 22.3 Å². The fraction of sp³-hybridized carbons (Fsp3) is 0. The number of rotatable bonds is 1. The van der Waals surface area contributed by atoms with Crippen LogP contribution in [0, 0.1) is 11.6 Å². The van der Waals surface area contributed by atoms with Gasteiger partial charge in [-0.15, -0.1) is 0 Å². The molecule has 1 aromatic heterocycles. The van der Waals surface area contributed by atoms with E-state index in [2.05, 4.69) is 9.97 Å². The van der Waals surface area contributed by atoms with Crippen LogP contribution in [-0.2, 0) is 0 Å². The Morgan fingerprint density at radius 3 is 2.29 bits per heavy atom. The minimum atomic E-state index is -1.01. The standard InChI is InChI=1S/C14H5Cl3F2N2/c15-6-1-2-7(9(16)3-6)14-20-12-5-11(19)10(18)4-8(12)13(17)21-14/h1-5H. The smallest absolute Gasteiger partial charge is 0.162 e. The number of fused-ring (bicyclic) bond motifs is 1. The van der Waals surface area contributed by atoms with Crippen LogP contribution in [0.4, 0.5) is 8.78 Å². The minimum Gasteiger partial charge on any atom is -0.228 e. The summed E-state index contributed by atoms with van der Waals surface area (Å²) in [4.78, 5) is 8.24. The molecule has 0 aliphatic heterocycles. The van der Waals surface area contributed by atoms with Crippen molar-refractivity contribution in [2.24, 2.45) is 0 Å². The van der Waals surface area contributed by atoms with Crippen LogP contribution in [0.1, 0.15) is 0 Å². The van der Waals surface area contributed by atoms with Gasteiger partial charge in [-0.2, -0.15) is 0 Å². The molecule has 106 valence electrons. The maximum atomic E-state index is 13.3. The van der Waals surface area contributed by atoms with E-state index < -0.39 is 11.6 Å². The molecule has 1 heterocycles. The largest absolute Gasteiger partial charge is 0.228 e. The van der Waals surface area contributed by atoms with Crippen molar-refractivity contribution in [2.45, 2.75) is 0 Å². The molecule has 0 unspecified atom stereocenters. The number of hydrogen-bond donors (Lipinski definition) is 0. The van der Waals surface area contributed by atoms with Crippen molar-refractivity contribution >= 4 is 45.7 Å². The van der Waals surface area contributed by atoms with Gasteiger partial charge in [0.15, 0.2) is 17.5 Å². The van der Waals surface area contributed by atoms with Crippen LogP contribution in [0.2, 0.25) is 15.2 Å².